The van der Waals surface area contributed by atoms with Crippen LogP contribution in [0.5, 0.6) is 0 Å². The topological polar surface area (TPSA) is 35.5 Å². The first-order valence-electron chi connectivity index (χ1n) is 11.1. The van der Waals surface area contributed by atoms with Gasteiger partial charge in [0.05, 0.1) is 6.04 Å². The second-order valence-corrected chi connectivity index (χ2v) is 11.5. The van der Waals surface area contributed by atoms with Crippen LogP contribution in [0.25, 0.3) is 0 Å². The molecule has 3 aliphatic carbocycles. The number of hydrogen-bond acceptors (Lipinski definition) is 3. The average Bonchev–Trinajstić information content (AvgIpc) is 2.99. The van der Waals surface area contributed by atoms with Crippen molar-refractivity contribution >= 4 is 7.87 Å². The lowest BCUT2D eigenvalue weighted by molar-refractivity contribution is -0.197. The fourth-order valence-corrected chi connectivity index (χ4v) is 8.82. The van der Waals surface area contributed by atoms with Gasteiger partial charge in [0.25, 0.3) is 0 Å². The molecule has 0 aromatic heterocycles. The van der Waals surface area contributed by atoms with Crippen LogP contribution in [0.4, 0.5) is 0 Å². The molecule has 3 fully saturated rings. The van der Waals surface area contributed by atoms with Gasteiger partial charge in [-0.3, -0.25) is 0 Å². The van der Waals surface area contributed by atoms with Crippen molar-refractivity contribution < 1.29 is 9.42 Å². The lowest BCUT2D eigenvalue weighted by Gasteiger charge is -2.41. The highest BCUT2D eigenvalue weighted by molar-refractivity contribution is 7.66. The van der Waals surface area contributed by atoms with Crippen molar-refractivity contribution in [2.75, 3.05) is 7.05 Å². The second-order valence-electron chi connectivity index (χ2n) is 9.05. The van der Waals surface area contributed by atoms with E-state index in [0.717, 1.165) is 18.4 Å². The van der Waals surface area contributed by atoms with Crippen LogP contribution in [-0.4, -0.2) is 17.8 Å². The zero-order valence-electron chi connectivity index (χ0n) is 17.2. The van der Waals surface area contributed by atoms with Crippen LogP contribution in [0.3, 0.4) is 0 Å². The van der Waals surface area contributed by atoms with Crippen molar-refractivity contribution in [2.24, 2.45) is 5.92 Å². The zero-order valence-corrected chi connectivity index (χ0v) is 18.1. The molecule has 28 heavy (non-hydrogen) atoms. The molecule has 0 spiro atoms. The van der Waals surface area contributed by atoms with E-state index < -0.39 is 7.87 Å². The number of benzene rings is 1. The number of likely N-dealkylation sites (N-methyl/N-ethyl adjacent to an activating group) is 1. The molecule has 1 unspecified atom stereocenters. The molecule has 3 nitrogen and oxygen atoms in total. The molecule has 4 heteroatoms. The molecular weight excluding hydrogens is 365 g/mol. The van der Waals surface area contributed by atoms with Gasteiger partial charge < -0.3 is 4.89 Å². The van der Waals surface area contributed by atoms with Crippen molar-refractivity contribution in [1.29, 1.82) is 0 Å². The van der Waals surface area contributed by atoms with E-state index in [0.29, 0.717) is 5.92 Å². The molecule has 1 saturated heterocycles. The van der Waals surface area contributed by atoms with Crippen LogP contribution in [-0.2, 0) is 4.52 Å². The Balaban J connectivity index is 1.57. The highest BCUT2D eigenvalue weighted by atomic mass is 31.2. The Labute approximate surface area is 170 Å². The standard InChI is InChI=1S/C24H32NO2P/c1-17-24(18-10-4-3-5-11-18)27-28(26,25(17)2)23-16-19-12-6-7-13-20(19)21-14-8-9-15-22(21)23/h3-5,10-11,17,19,24H,6-9,12-16H2,1-2H3/t17-,19-,24-,28?/m0/s1. The Kier molecular flexibility index (Phi) is 5.00. The number of fused-ring (bicyclic) bond motifs is 2. The summed E-state index contributed by atoms with van der Waals surface area (Å²) in [5, 5.41) is 1.17. The molecule has 1 aliphatic heterocycles. The van der Waals surface area contributed by atoms with E-state index in [-0.39, 0.29) is 12.1 Å². The quantitative estimate of drug-likeness (QED) is 0.581. The third-order valence-corrected chi connectivity index (χ3v) is 10.4. The molecule has 0 N–H and O–H groups in total. The molecule has 1 aromatic carbocycles. The molecule has 0 amide bonds. The van der Waals surface area contributed by atoms with Crippen molar-refractivity contribution in [3.63, 3.8) is 0 Å². The predicted molar refractivity (Wildman–Crippen MR) is 114 cm³/mol. The fourth-order valence-electron chi connectivity index (χ4n) is 5.92. The van der Waals surface area contributed by atoms with Gasteiger partial charge in [-0.15, -0.1) is 0 Å². The molecule has 5 rings (SSSR count). The fraction of sp³-hybridized carbons (Fsp3) is 0.583. The number of hydrogen-bond donors (Lipinski definition) is 0. The molecule has 4 atom stereocenters. The Morgan fingerprint density at radius 1 is 1.00 bits per heavy atom. The van der Waals surface area contributed by atoms with Gasteiger partial charge in [0, 0.05) is 13.5 Å². The van der Waals surface area contributed by atoms with Crippen molar-refractivity contribution in [3.05, 3.63) is 57.9 Å². The highest BCUT2D eigenvalue weighted by Gasteiger charge is 2.56. The molecule has 150 valence electrons. The van der Waals surface area contributed by atoms with Crippen LogP contribution < -0.4 is 4.89 Å². The maximum absolute atomic E-state index is 14.4. The van der Waals surface area contributed by atoms with E-state index in [2.05, 4.69) is 23.7 Å². The highest BCUT2D eigenvalue weighted by Crippen LogP contribution is 2.74. The minimum Gasteiger partial charge on any atom is -0.637 e. The van der Waals surface area contributed by atoms with Gasteiger partial charge in [0.15, 0.2) is 0 Å². The zero-order chi connectivity index (χ0) is 19.3. The van der Waals surface area contributed by atoms with E-state index in [1.165, 1.54) is 55.8 Å². The summed E-state index contributed by atoms with van der Waals surface area (Å²) in [7, 11) is -0.970. The van der Waals surface area contributed by atoms with Crippen LogP contribution in [0.1, 0.15) is 76.4 Å². The van der Waals surface area contributed by atoms with Gasteiger partial charge in [0.1, 0.15) is 11.4 Å². The lowest BCUT2D eigenvalue weighted by atomic mass is 9.71. The van der Waals surface area contributed by atoms with Gasteiger partial charge in [0.2, 0.25) is 7.87 Å². The Hall–Kier alpha value is -0.990. The molecule has 0 bridgehead atoms. The SMILES string of the molecule is C[C@H]1[C@@H](c2ccccc2)O[P+]([O-])(C2=C3CCCCC3=C3CCCC[C@H]3C2)N1C. The van der Waals surface area contributed by atoms with E-state index in [1.807, 2.05) is 25.2 Å². The van der Waals surface area contributed by atoms with Gasteiger partial charge in [-0.05, 0) is 74.5 Å². The predicted octanol–water partition coefficient (Wildman–Crippen LogP) is 5.92. The maximum atomic E-state index is 14.4. The first-order valence-corrected chi connectivity index (χ1v) is 12.7. The van der Waals surface area contributed by atoms with Crippen LogP contribution in [0, 0.1) is 5.92 Å². The van der Waals surface area contributed by atoms with E-state index in [9.17, 15) is 4.89 Å². The Morgan fingerprint density at radius 2 is 1.71 bits per heavy atom. The van der Waals surface area contributed by atoms with Gasteiger partial charge in [-0.25, -0.2) is 4.52 Å². The molecule has 2 saturated carbocycles. The molecule has 1 aromatic rings. The molecule has 1 heterocycles. The molecule has 0 radical (unpaired) electrons. The largest absolute Gasteiger partial charge is 0.637 e. The maximum Gasteiger partial charge on any atom is 0.205 e. The second kappa shape index (κ2) is 7.36. The van der Waals surface area contributed by atoms with Crippen LogP contribution >= 0.6 is 7.87 Å². The van der Waals surface area contributed by atoms with Crippen LogP contribution in [0.2, 0.25) is 0 Å². The summed E-state index contributed by atoms with van der Waals surface area (Å²) in [5.74, 6) is 0.606. The van der Waals surface area contributed by atoms with E-state index in [4.69, 9.17) is 4.52 Å². The monoisotopic (exact) mass is 397 g/mol. The summed E-state index contributed by atoms with van der Waals surface area (Å²) >= 11 is 0. The van der Waals surface area contributed by atoms with E-state index >= 15 is 0 Å². The van der Waals surface area contributed by atoms with Crippen molar-refractivity contribution in [1.82, 2.24) is 4.67 Å². The van der Waals surface area contributed by atoms with Crippen molar-refractivity contribution in [3.8, 4) is 0 Å². The summed E-state index contributed by atoms with van der Waals surface area (Å²) < 4.78 is 8.61. The molecule has 4 aliphatic rings. The summed E-state index contributed by atoms with van der Waals surface area (Å²) in [4.78, 5) is 14.4. The average molecular weight is 397 g/mol. The Morgan fingerprint density at radius 3 is 2.50 bits per heavy atom. The smallest absolute Gasteiger partial charge is 0.205 e. The summed E-state index contributed by atoms with van der Waals surface area (Å²) in [5.41, 5.74) is 5.86. The van der Waals surface area contributed by atoms with E-state index in [1.54, 1.807) is 11.1 Å². The van der Waals surface area contributed by atoms with Crippen LogP contribution in [0.15, 0.2) is 52.4 Å². The summed E-state index contributed by atoms with van der Waals surface area (Å²) in [6.45, 7) is 2.16. The third-order valence-electron chi connectivity index (χ3n) is 7.55. The summed E-state index contributed by atoms with van der Waals surface area (Å²) in [6.07, 6.45) is 10.8. The van der Waals surface area contributed by atoms with Gasteiger partial charge >= 0.3 is 0 Å². The first kappa shape index (κ1) is 19.0. The summed E-state index contributed by atoms with van der Waals surface area (Å²) in [6, 6.07) is 10.5. The first-order chi connectivity index (χ1) is 13.6. The van der Waals surface area contributed by atoms with Gasteiger partial charge in [-0.1, -0.05) is 42.3 Å². The number of nitrogens with zero attached hydrogens (tertiary/aromatic N) is 1. The minimum atomic E-state index is -2.99. The Bertz CT molecular complexity index is 817. The normalized spacial score (nSPS) is 36.5. The lowest BCUT2D eigenvalue weighted by Crippen LogP contribution is -2.32. The van der Waals surface area contributed by atoms with Crippen molar-refractivity contribution in [2.45, 2.75) is 76.9 Å². The minimum absolute atomic E-state index is 0.116. The third kappa shape index (κ3) is 2.94. The number of allylic oxidation sites excluding steroid dienone is 4. The molecular formula is C24H32NO2P. The van der Waals surface area contributed by atoms with Gasteiger partial charge in [-0.2, -0.15) is 4.67 Å². The number of rotatable bonds is 2.